The molecule has 0 bridgehead atoms. The number of ether oxygens (including phenoxy) is 2. The van der Waals surface area contributed by atoms with Gasteiger partial charge in [0.1, 0.15) is 9.84 Å². The molecule has 7 heteroatoms. The number of esters is 2. The summed E-state index contributed by atoms with van der Waals surface area (Å²) in [6, 6.07) is 0. The molecule has 6 nitrogen and oxygen atoms in total. The van der Waals surface area contributed by atoms with Crippen molar-refractivity contribution in [1.82, 2.24) is 0 Å². The topological polar surface area (TPSA) is 86.7 Å². The Bertz CT molecular complexity index is 408. The molecule has 0 radical (unpaired) electrons. The molecule has 0 unspecified atom stereocenters. The van der Waals surface area contributed by atoms with Crippen molar-refractivity contribution in [2.45, 2.75) is 40.0 Å². The number of carbonyl (C=O) groups is 2. The van der Waals surface area contributed by atoms with E-state index in [1.807, 2.05) is 6.92 Å². The van der Waals surface area contributed by atoms with Crippen LogP contribution in [0.15, 0.2) is 0 Å². The summed E-state index contributed by atoms with van der Waals surface area (Å²) < 4.78 is 32.6. The second-order valence-electron chi connectivity index (χ2n) is 4.65. The number of carbonyl (C=O) groups excluding carboxylic acids is 2. The van der Waals surface area contributed by atoms with Crippen molar-refractivity contribution < 1.29 is 27.5 Å². The average Bonchev–Trinajstić information content (AvgIpc) is 2.33. The molecule has 0 aromatic carbocycles. The summed E-state index contributed by atoms with van der Waals surface area (Å²) in [7, 11) is -3.29. The Kier molecular flexibility index (Phi) is 7.78. The summed E-state index contributed by atoms with van der Waals surface area (Å²) in [4.78, 5) is 24.3. The zero-order valence-corrected chi connectivity index (χ0v) is 13.4. The molecule has 0 saturated heterocycles. The molecule has 0 aliphatic heterocycles. The Balaban J connectivity index is 5.42. The van der Waals surface area contributed by atoms with Gasteiger partial charge in [-0.25, -0.2) is 8.42 Å². The third kappa shape index (κ3) is 5.48. The quantitative estimate of drug-likeness (QED) is 0.472. The maximum absolute atomic E-state index is 12.2. The zero-order valence-electron chi connectivity index (χ0n) is 12.6. The van der Waals surface area contributed by atoms with E-state index in [4.69, 9.17) is 9.47 Å². The van der Waals surface area contributed by atoms with Crippen LogP contribution in [0.5, 0.6) is 0 Å². The van der Waals surface area contributed by atoms with Crippen LogP contribution in [0.2, 0.25) is 0 Å². The first kappa shape index (κ1) is 18.9. The minimum absolute atomic E-state index is 0.114. The molecule has 118 valence electrons. The van der Waals surface area contributed by atoms with Gasteiger partial charge in [0.2, 0.25) is 0 Å². The lowest BCUT2D eigenvalue weighted by molar-refractivity contribution is -0.173. The molecule has 0 heterocycles. The molecule has 0 aliphatic carbocycles. The van der Waals surface area contributed by atoms with Gasteiger partial charge < -0.3 is 9.47 Å². The van der Waals surface area contributed by atoms with E-state index < -0.39 is 27.2 Å². The summed E-state index contributed by atoms with van der Waals surface area (Å²) in [5.41, 5.74) is -1.52. The van der Waals surface area contributed by atoms with Crippen LogP contribution in [0.3, 0.4) is 0 Å². The van der Waals surface area contributed by atoms with Crippen LogP contribution in [0.1, 0.15) is 40.0 Å². The SMILES string of the molecule is CCCC(CCS(C)(=O)=O)(C(=O)OCC)C(=O)OCC. The summed E-state index contributed by atoms with van der Waals surface area (Å²) in [5, 5.41) is 0. The number of sulfone groups is 1. The third-order valence-corrected chi connectivity index (χ3v) is 3.85. The Hall–Kier alpha value is -1.11. The molecule has 0 rings (SSSR count). The van der Waals surface area contributed by atoms with Crippen LogP contribution in [0.25, 0.3) is 0 Å². The fraction of sp³-hybridized carbons (Fsp3) is 0.846. The minimum Gasteiger partial charge on any atom is -0.465 e. The molecule has 0 N–H and O–H groups in total. The second kappa shape index (κ2) is 8.24. The van der Waals surface area contributed by atoms with Crippen LogP contribution in [0, 0.1) is 5.41 Å². The molecule has 0 fully saturated rings. The smallest absolute Gasteiger partial charge is 0.323 e. The molecule has 0 saturated carbocycles. The van der Waals surface area contributed by atoms with Crippen LogP contribution in [-0.4, -0.2) is 45.6 Å². The van der Waals surface area contributed by atoms with E-state index >= 15 is 0 Å². The Morgan fingerprint density at radius 1 is 0.950 bits per heavy atom. The van der Waals surface area contributed by atoms with Crippen LogP contribution in [0.4, 0.5) is 0 Å². The highest BCUT2D eigenvalue weighted by Gasteiger charge is 2.48. The zero-order chi connectivity index (χ0) is 15.8. The van der Waals surface area contributed by atoms with Gasteiger partial charge in [-0.05, 0) is 26.7 Å². The van der Waals surface area contributed by atoms with Crippen molar-refractivity contribution in [2.75, 3.05) is 25.2 Å². The summed E-state index contributed by atoms with van der Waals surface area (Å²) in [6.07, 6.45) is 1.71. The lowest BCUT2D eigenvalue weighted by Crippen LogP contribution is -2.43. The van der Waals surface area contributed by atoms with Gasteiger partial charge in [-0.2, -0.15) is 0 Å². The van der Waals surface area contributed by atoms with Crippen molar-refractivity contribution in [2.24, 2.45) is 5.41 Å². The average molecular weight is 308 g/mol. The van der Waals surface area contributed by atoms with Crippen molar-refractivity contribution >= 4 is 21.8 Å². The molecule has 20 heavy (non-hydrogen) atoms. The maximum Gasteiger partial charge on any atom is 0.323 e. The molecule has 0 aliphatic rings. The van der Waals surface area contributed by atoms with E-state index in [9.17, 15) is 18.0 Å². The minimum atomic E-state index is -3.29. The molecule has 0 atom stereocenters. The molecule has 0 amide bonds. The Morgan fingerprint density at radius 2 is 1.40 bits per heavy atom. The maximum atomic E-state index is 12.2. The third-order valence-electron chi connectivity index (χ3n) is 2.91. The summed E-state index contributed by atoms with van der Waals surface area (Å²) >= 11 is 0. The van der Waals surface area contributed by atoms with Crippen LogP contribution < -0.4 is 0 Å². The van der Waals surface area contributed by atoms with Crippen LogP contribution in [-0.2, 0) is 28.9 Å². The monoisotopic (exact) mass is 308 g/mol. The van der Waals surface area contributed by atoms with Crippen molar-refractivity contribution in [3.05, 3.63) is 0 Å². The Labute approximate surface area is 120 Å². The molecule has 0 aromatic heterocycles. The second-order valence-corrected chi connectivity index (χ2v) is 6.91. The van der Waals surface area contributed by atoms with E-state index in [1.54, 1.807) is 13.8 Å². The van der Waals surface area contributed by atoms with Crippen molar-refractivity contribution in [3.8, 4) is 0 Å². The lowest BCUT2D eigenvalue weighted by Gasteiger charge is -2.28. The fourth-order valence-corrected chi connectivity index (χ4v) is 2.66. The van der Waals surface area contributed by atoms with Gasteiger partial charge in [-0.15, -0.1) is 0 Å². The molecular weight excluding hydrogens is 284 g/mol. The van der Waals surface area contributed by atoms with E-state index in [1.165, 1.54) is 0 Å². The lowest BCUT2D eigenvalue weighted by atomic mass is 9.80. The summed E-state index contributed by atoms with van der Waals surface area (Å²) in [6.45, 7) is 5.34. The van der Waals surface area contributed by atoms with E-state index in [2.05, 4.69) is 0 Å². The van der Waals surface area contributed by atoms with Gasteiger partial charge in [0.15, 0.2) is 5.41 Å². The first-order valence-corrected chi connectivity index (χ1v) is 8.81. The molecule has 0 spiro atoms. The first-order chi connectivity index (χ1) is 9.23. The van der Waals surface area contributed by atoms with Gasteiger partial charge >= 0.3 is 11.9 Å². The van der Waals surface area contributed by atoms with Gasteiger partial charge in [-0.3, -0.25) is 9.59 Å². The van der Waals surface area contributed by atoms with Gasteiger partial charge in [0.05, 0.1) is 19.0 Å². The van der Waals surface area contributed by atoms with Crippen LogP contribution >= 0.6 is 0 Å². The number of hydrogen-bond donors (Lipinski definition) is 0. The van der Waals surface area contributed by atoms with Gasteiger partial charge in [-0.1, -0.05) is 13.3 Å². The molecule has 0 aromatic rings. The van der Waals surface area contributed by atoms with E-state index in [0.29, 0.717) is 6.42 Å². The predicted molar refractivity (Wildman–Crippen MR) is 74.9 cm³/mol. The van der Waals surface area contributed by atoms with E-state index in [0.717, 1.165) is 6.26 Å². The standard InChI is InChI=1S/C13H24O6S/c1-5-8-13(11(14)18-6-2,12(15)19-7-3)9-10-20(4,16)17/h5-10H2,1-4H3. The molecular formula is C13H24O6S. The summed E-state index contributed by atoms with van der Waals surface area (Å²) in [5.74, 6) is -1.67. The highest BCUT2D eigenvalue weighted by atomic mass is 32.2. The van der Waals surface area contributed by atoms with Gasteiger partial charge in [0, 0.05) is 6.26 Å². The van der Waals surface area contributed by atoms with Gasteiger partial charge in [0.25, 0.3) is 0 Å². The Morgan fingerprint density at radius 3 is 1.70 bits per heavy atom. The highest BCUT2D eigenvalue weighted by molar-refractivity contribution is 7.90. The number of rotatable bonds is 9. The fourth-order valence-electron chi connectivity index (χ4n) is 1.94. The number of hydrogen-bond acceptors (Lipinski definition) is 6. The predicted octanol–water partition coefficient (Wildman–Crippen LogP) is 1.33. The van der Waals surface area contributed by atoms with Crippen molar-refractivity contribution in [1.29, 1.82) is 0 Å². The normalized spacial score (nSPS) is 12.0. The van der Waals surface area contributed by atoms with E-state index in [-0.39, 0.29) is 31.8 Å². The van der Waals surface area contributed by atoms with Crippen molar-refractivity contribution in [3.63, 3.8) is 0 Å². The first-order valence-electron chi connectivity index (χ1n) is 6.75. The highest BCUT2D eigenvalue weighted by Crippen LogP contribution is 2.32. The largest absolute Gasteiger partial charge is 0.465 e.